The molecular formula is C11H16FNO2. The number of benzene rings is 1. The Balaban J connectivity index is 2.41. The average Bonchev–Trinajstić information content (AvgIpc) is 2.23. The molecule has 1 rings (SSSR count). The second-order valence-corrected chi connectivity index (χ2v) is 3.49. The highest BCUT2D eigenvalue weighted by atomic mass is 19.1. The molecular weight excluding hydrogens is 197 g/mol. The van der Waals surface area contributed by atoms with Gasteiger partial charge in [-0.1, -0.05) is 12.1 Å². The third kappa shape index (κ3) is 3.95. The molecule has 0 spiro atoms. The van der Waals surface area contributed by atoms with Gasteiger partial charge in [-0.3, -0.25) is 0 Å². The highest BCUT2D eigenvalue weighted by Crippen LogP contribution is 2.10. The number of nitrogens with two attached hydrogens (primary N) is 1. The predicted octanol–water partition coefficient (Wildman–Crippen LogP) is 0.970. The molecule has 0 aliphatic carbocycles. The first-order valence-corrected chi connectivity index (χ1v) is 4.84. The van der Waals surface area contributed by atoms with E-state index in [1.54, 1.807) is 19.1 Å². The number of hydrogen-bond acceptors (Lipinski definition) is 3. The van der Waals surface area contributed by atoms with Crippen LogP contribution in [0.3, 0.4) is 0 Å². The van der Waals surface area contributed by atoms with Crippen molar-refractivity contribution in [3.05, 3.63) is 35.1 Å². The number of halogens is 1. The molecule has 0 saturated heterocycles. The summed E-state index contributed by atoms with van der Waals surface area (Å²) in [5.74, 6) is -0.222. The van der Waals surface area contributed by atoms with Gasteiger partial charge < -0.3 is 15.6 Å². The molecule has 0 fully saturated rings. The first-order chi connectivity index (χ1) is 7.13. The Bertz CT molecular complexity index is 317. The van der Waals surface area contributed by atoms with Crippen LogP contribution >= 0.6 is 0 Å². The maximum absolute atomic E-state index is 12.9. The number of aliphatic hydroxyl groups excluding tert-OH is 1. The maximum atomic E-state index is 12.9. The van der Waals surface area contributed by atoms with Crippen molar-refractivity contribution in [3.63, 3.8) is 0 Å². The summed E-state index contributed by atoms with van der Waals surface area (Å²) in [6.45, 7) is 2.45. The van der Waals surface area contributed by atoms with Crippen molar-refractivity contribution >= 4 is 0 Å². The third-order valence-electron chi connectivity index (χ3n) is 2.07. The highest BCUT2D eigenvalue weighted by Gasteiger charge is 2.02. The van der Waals surface area contributed by atoms with Crippen molar-refractivity contribution < 1.29 is 14.2 Å². The van der Waals surface area contributed by atoms with Crippen molar-refractivity contribution in [2.75, 3.05) is 13.2 Å². The molecule has 0 unspecified atom stereocenters. The third-order valence-corrected chi connectivity index (χ3v) is 2.07. The fourth-order valence-electron chi connectivity index (χ4n) is 1.18. The average molecular weight is 213 g/mol. The van der Waals surface area contributed by atoms with Crippen LogP contribution in [0.25, 0.3) is 0 Å². The first kappa shape index (κ1) is 12.1. The summed E-state index contributed by atoms with van der Waals surface area (Å²) in [6, 6.07) is 4.80. The van der Waals surface area contributed by atoms with Crippen LogP contribution in [-0.2, 0) is 11.3 Å². The molecule has 0 saturated carbocycles. The Morgan fingerprint density at radius 1 is 1.53 bits per heavy atom. The molecule has 1 atom stereocenters. The standard InChI is InChI=1S/C11H16FNO2/c1-8-4-9(2-3-11(8)12)6-15-7-10(14)5-13/h2-4,10,14H,5-7,13H2,1H3/t10-/m1/s1. The summed E-state index contributed by atoms with van der Waals surface area (Å²) >= 11 is 0. The van der Waals surface area contributed by atoms with Gasteiger partial charge in [0.25, 0.3) is 0 Å². The molecule has 1 aromatic carbocycles. The van der Waals surface area contributed by atoms with Crippen molar-refractivity contribution in [1.82, 2.24) is 0 Å². The minimum Gasteiger partial charge on any atom is -0.389 e. The largest absolute Gasteiger partial charge is 0.389 e. The van der Waals surface area contributed by atoms with Crippen LogP contribution in [0.15, 0.2) is 18.2 Å². The van der Waals surface area contributed by atoms with Gasteiger partial charge in [0.15, 0.2) is 0 Å². The Morgan fingerprint density at radius 2 is 2.27 bits per heavy atom. The van der Waals surface area contributed by atoms with Crippen molar-refractivity contribution in [1.29, 1.82) is 0 Å². The molecule has 1 aromatic rings. The number of aryl methyl sites for hydroxylation is 1. The van der Waals surface area contributed by atoms with Crippen LogP contribution in [0.1, 0.15) is 11.1 Å². The lowest BCUT2D eigenvalue weighted by Gasteiger charge is -2.09. The Kier molecular flexibility index (Phi) is 4.68. The van der Waals surface area contributed by atoms with Gasteiger partial charge in [0.2, 0.25) is 0 Å². The van der Waals surface area contributed by atoms with E-state index in [0.29, 0.717) is 12.2 Å². The molecule has 0 radical (unpaired) electrons. The summed E-state index contributed by atoms with van der Waals surface area (Å²) in [5, 5.41) is 9.12. The molecule has 4 heteroatoms. The van der Waals surface area contributed by atoms with Gasteiger partial charge >= 0.3 is 0 Å². The minimum atomic E-state index is -0.633. The number of rotatable bonds is 5. The second-order valence-electron chi connectivity index (χ2n) is 3.49. The van der Waals surface area contributed by atoms with E-state index in [0.717, 1.165) is 5.56 Å². The maximum Gasteiger partial charge on any atom is 0.126 e. The van der Waals surface area contributed by atoms with Crippen molar-refractivity contribution in [3.8, 4) is 0 Å². The highest BCUT2D eigenvalue weighted by molar-refractivity contribution is 5.23. The zero-order chi connectivity index (χ0) is 11.3. The molecule has 0 amide bonds. The molecule has 3 N–H and O–H groups in total. The topological polar surface area (TPSA) is 55.5 Å². The van der Waals surface area contributed by atoms with Gasteiger partial charge in [0.05, 0.1) is 19.3 Å². The van der Waals surface area contributed by atoms with Crippen LogP contribution in [0.4, 0.5) is 4.39 Å². The lowest BCUT2D eigenvalue weighted by molar-refractivity contribution is 0.0329. The fraction of sp³-hybridized carbons (Fsp3) is 0.455. The molecule has 84 valence electrons. The van der Waals surface area contributed by atoms with E-state index in [4.69, 9.17) is 15.6 Å². The Hall–Kier alpha value is -0.970. The minimum absolute atomic E-state index is 0.183. The Labute approximate surface area is 88.7 Å². The van der Waals surface area contributed by atoms with Crippen molar-refractivity contribution in [2.45, 2.75) is 19.6 Å². The van der Waals surface area contributed by atoms with E-state index in [-0.39, 0.29) is 19.0 Å². The van der Waals surface area contributed by atoms with E-state index >= 15 is 0 Å². The van der Waals surface area contributed by atoms with Gasteiger partial charge in [-0.15, -0.1) is 0 Å². The quantitative estimate of drug-likeness (QED) is 0.766. The van der Waals surface area contributed by atoms with Crippen LogP contribution < -0.4 is 5.73 Å². The zero-order valence-electron chi connectivity index (χ0n) is 8.74. The van der Waals surface area contributed by atoms with E-state index in [1.165, 1.54) is 6.07 Å². The smallest absolute Gasteiger partial charge is 0.126 e. The lowest BCUT2D eigenvalue weighted by Crippen LogP contribution is -2.24. The van der Waals surface area contributed by atoms with E-state index in [2.05, 4.69) is 0 Å². The first-order valence-electron chi connectivity index (χ1n) is 4.84. The van der Waals surface area contributed by atoms with Crippen LogP contribution in [0.5, 0.6) is 0 Å². The van der Waals surface area contributed by atoms with Gasteiger partial charge in [0, 0.05) is 6.54 Å². The normalized spacial score (nSPS) is 12.8. The Morgan fingerprint density at radius 3 is 2.87 bits per heavy atom. The molecule has 0 bridgehead atoms. The van der Waals surface area contributed by atoms with E-state index < -0.39 is 6.10 Å². The molecule has 0 aliphatic heterocycles. The molecule has 0 heterocycles. The number of ether oxygens (including phenoxy) is 1. The summed E-state index contributed by atoms with van der Waals surface area (Å²) < 4.78 is 18.1. The molecule has 0 aromatic heterocycles. The summed E-state index contributed by atoms with van der Waals surface area (Å²) in [7, 11) is 0. The van der Waals surface area contributed by atoms with Crippen molar-refractivity contribution in [2.24, 2.45) is 5.73 Å². The number of aliphatic hydroxyl groups is 1. The van der Waals surface area contributed by atoms with Gasteiger partial charge in [-0.05, 0) is 24.1 Å². The second kappa shape index (κ2) is 5.80. The van der Waals surface area contributed by atoms with Crippen LogP contribution in [0, 0.1) is 12.7 Å². The van der Waals surface area contributed by atoms with Crippen LogP contribution in [0.2, 0.25) is 0 Å². The molecule has 0 aliphatic rings. The molecule has 3 nitrogen and oxygen atoms in total. The lowest BCUT2D eigenvalue weighted by atomic mass is 10.1. The number of hydrogen-bond donors (Lipinski definition) is 2. The van der Waals surface area contributed by atoms with E-state index in [9.17, 15) is 4.39 Å². The monoisotopic (exact) mass is 213 g/mol. The summed E-state index contributed by atoms with van der Waals surface area (Å²) in [6.07, 6.45) is -0.633. The fourth-order valence-corrected chi connectivity index (χ4v) is 1.18. The zero-order valence-corrected chi connectivity index (χ0v) is 8.74. The summed E-state index contributed by atoms with van der Waals surface area (Å²) in [5.41, 5.74) is 6.70. The van der Waals surface area contributed by atoms with Gasteiger partial charge in [0.1, 0.15) is 5.82 Å². The SMILES string of the molecule is Cc1cc(COC[C@H](O)CN)ccc1F. The van der Waals surface area contributed by atoms with Gasteiger partial charge in [-0.2, -0.15) is 0 Å². The molecule has 15 heavy (non-hydrogen) atoms. The predicted molar refractivity (Wildman–Crippen MR) is 55.9 cm³/mol. The van der Waals surface area contributed by atoms with E-state index in [1.807, 2.05) is 0 Å². The van der Waals surface area contributed by atoms with Gasteiger partial charge in [-0.25, -0.2) is 4.39 Å². The van der Waals surface area contributed by atoms with Crippen LogP contribution in [-0.4, -0.2) is 24.4 Å². The summed E-state index contributed by atoms with van der Waals surface area (Å²) in [4.78, 5) is 0.